The molecule has 4 fully saturated rings. The fraction of sp³-hybridized carbons (Fsp3) is 0.462. The van der Waals surface area contributed by atoms with Crippen molar-refractivity contribution in [3.05, 3.63) is 66.2 Å². The Kier molecular flexibility index (Phi) is 5.10. The molecule has 0 heterocycles. The van der Waals surface area contributed by atoms with E-state index >= 15 is 0 Å². The van der Waals surface area contributed by atoms with Crippen molar-refractivity contribution < 1.29 is 9.59 Å². The van der Waals surface area contributed by atoms with E-state index in [0.717, 1.165) is 30.5 Å². The number of hydrogen-bond donors (Lipinski definition) is 2. The molecule has 0 aliphatic heterocycles. The summed E-state index contributed by atoms with van der Waals surface area (Å²) in [4.78, 5) is 26.7. The van der Waals surface area contributed by atoms with Gasteiger partial charge in [0, 0.05) is 17.5 Å². The molecule has 1 atom stereocenters. The molecule has 30 heavy (non-hydrogen) atoms. The fourth-order valence-corrected chi connectivity index (χ4v) is 6.51. The molecule has 2 amide bonds. The minimum absolute atomic E-state index is 0.103. The summed E-state index contributed by atoms with van der Waals surface area (Å²) in [5, 5.41) is 6.18. The van der Waals surface area contributed by atoms with Crippen molar-refractivity contribution >= 4 is 17.5 Å². The highest BCUT2D eigenvalue weighted by molar-refractivity contribution is 5.98. The minimum Gasteiger partial charge on any atom is -0.343 e. The van der Waals surface area contributed by atoms with E-state index in [1.165, 1.54) is 19.3 Å². The van der Waals surface area contributed by atoms with Crippen LogP contribution >= 0.6 is 0 Å². The molecule has 4 aliphatic carbocycles. The van der Waals surface area contributed by atoms with Crippen LogP contribution in [-0.4, -0.2) is 17.9 Å². The van der Waals surface area contributed by atoms with Crippen LogP contribution in [0.5, 0.6) is 0 Å². The van der Waals surface area contributed by atoms with Crippen molar-refractivity contribution in [2.45, 2.75) is 51.0 Å². The lowest BCUT2D eigenvalue weighted by molar-refractivity contribution is -0.148. The van der Waals surface area contributed by atoms with Crippen molar-refractivity contribution in [2.75, 3.05) is 5.32 Å². The van der Waals surface area contributed by atoms with Crippen LogP contribution in [0.15, 0.2) is 60.7 Å². The molecule has 2 aromatic rings. The van der Waals surface area contributed by atoms with E-state index in [1.807, 2.05) is 60.7 Å². The topological polar surface area (TPSA) is 58.2 Å². The number of carbonyl (C=O) groups is 2. The van der Waals surface area contributed by atoms with Gasteiger partial charge >= 0.3 is 0 Å². The molecule has 0 spiro atoms. The molecule has 4 nitrogen and oxygen atoms in total. The van der Waals surface area contributed by atoms with Crippen LogP contribution in [0.4, 0.5) is 5.69 Å². The Bertz CT molecular complexity index is 874. The largest absolute Gasteiger partial charge is 0.343 e. The third-order valence-corrected chi connectivity index (χ3v) is 7.47. The van der Waals surface area contributed by atoms with Gasteiger partial charge in [-0.1, -0.05) is 48.5 Å². The van der Waals surface area contributed by atoms with Crippen molar-refractivity contribution in [3.63, 3.8) is 0 Å². The van der Waals surface area contributed by atoms with Crippen LogP contribution in [0, 0.1) is 23.2 Å². The summed E-state index contributed by atoms with van der Waals surface area (Å²) in [6.07, 6.45) is 7.41. The normalized spacial score (nSPS) is 29.9. The molecule has 2 aromatic carbocycles. The van der Waals surface area contributed by atoms with Gasteiger partial charge in [0.1, 0.15) is 6.04 Å². The van der Waals surface area contributed by atoms with Gasteiger partial charge in [0.2, 0.25) is 11.8 Å². The zero-order chi connectivity index (χ0) is 20.6. The maximum atomic E-state index is 13.6. The molecule has 0 unspecified atom stereocenters. The van der Waals surface area contributed by atoms with E-state index < -0.39 is 6.04 Å². The summed E-state index contributed by atoms with van der Waals surface area (Å²) in [6.45, 7) is 0. The maximum Gasteiger partial charge on any atom is 0.247 e. The Labute approximate surface area is 178 Å². The first kappa shape index (κ1) is 19.3. The molecule has 0 aromatic heterocycles. The molecular formula is C26H30N2O2. The van der Waals surface area contributed by atoms with E-state index in [-0.39, 0.29) is 17.2 Å². The highest BCUT2D eigenvalue weighted by Crippen LogP contribution is 2.60. The smallest absolute Gasteiger partial charge is 0.247 e. The number of benzene rings is 2. The first-order chi connectivity index (χ1) is 14.6. The van der Waals surface area contributed by atoms with Crippen molar-refractivity contribution in [3.8, 4) is 0 Å². The van der Waals surface area contributed by atoms with Crippen molar-refractivity contribution in [1.82, 2.24) is 5.32 Å². The van der Waals surface area contributed by atoms with Crippen LogP contribution in [-0.2, 0) is 16.0 Å². The third kappa shape index (κ3) is 3.88. The molecule has 156 valence electrons. The summed E-state index contributed by atoms with van der Waals surface area (Å²) in [5.74, 6) is 2.06. The van der Waals surface area contributed by atoms with E-state index in [9.17, 15) is 9.59 Å². The lowest BCUT2D eigenvalue weighted by Gasteiger charge is -2.55. The second-order valence-corrected chi connectivity index (χ2v) is 9.77. The zero-order valence-corrected chi connectivity index (χ0v) is 17.3. The number of carbonyl (C=O) groups excluding carboxylic acids is 2. The number of anilines is 1. The van der Waals surface area contributed by atoms with Gasteiger partial charge in [0.25, 0.3) is 0 Å². The molecule has 4 heteroatoms. The highest BCUT2D eigenvalue weighted by atomic mass is 16.2. The Morgan fingerprint density at radius 1 is 0.833 bits per heavy atom. The number of para-hydroxylation sites is 1. The first-order valence-corrected chi connectivity index (χ1v) is 11.3. The van der Waals surface area contributed by atoms with E-state index in [4.69, 9.17) is 0 Å². The van der Waals surface area contributed by atoms with Gasteiger partial charge in [-0.2, -0.15) is 0 Å². The average molecular weight is 403 g/mol. The zero-order valence-electron chi connectivity index (χ0n) is 17.3. The Morgan fingerprint density at radius 2 is 1.37 bits per heavy atom. The SMILES string of the molecule is O=C(Nc1ccccc1)[C@H](Cc1ccccc1)NC(=O)C12CC3CC(CC(C3)C1)C2. The fourth-order valence-electron chi connectivity index (χ4n) is 6.51. The monoisotopic (exact) mass is 402 g/mol. The van der Waals surface area contributed by atoms with E-state index in [2.05, 4.69) is 10.6 Å². The summed E-state index contributed by atoms with van der Waals surface area (Å²) >= 11 is 0. The Morgan fingerprint density at radius 3 is 1.93 bits per heavy atom. The lowest BCUT2D eigenvalue weighted by Crippen LogP contribution is -2.57. The summed E-state index contributed by atoms with van der Waals surface area (Å²) in [6, 6.07) is 18.8. The highest BCUT2D eigenvalue weighted by Gasteiger charge is 2.54. The molecule has 0 radical (unpaired) electrons. The quantitative estimate of drug-likeness (QED) is 0.744. The Balaban J connectivity index is 1.35. The lowest BCUT2D eigenvalue weighted by atomic mass is 9.49. The van der Waals surface area contributed by atoms with Gasteiger partial charge in [-0.3, -0.25) is 9.59 Å². The maximum absolute atomic E-state index is 13.6. The van der Waals surface area contributed by atoms with Gasteiger partial charge < -0.3 is 10.6 Å². The molecule has 4 saturated carbocycles. The van der Waals surface area contributed by atoms with Gasteiger partial charge in [-0.05, 0) is 74.0 Å². The van der Waals surface area contributed by atoms with Gasteiger partial charge in [-0.15, -0.1) is 0 Å². The third-order valence-electron chi connectivity index (χ3n) is 7.47. The molecule has 2 N–H and O–H groups in total. The second-order valence-electron chi connectivity index (χ2n) is 9.77. The molecule has 6 rings (SSSR count). The minimum atomic E-state index is -0.576. The molecule has 4 bridgehead atoms. The number of rotatable bonds is 6. The van der Waals surface area contributed by atoms with Crippen molar-refractivity contribution in [2.24, 2.45) is 23.2 Å². The summed E-state index contributed by atoms with van der Waals surface area (Å²) < 4.78 is 0. The number of amides is 2. The predicted molar refractivity (Wildman–Crippen MR) is 118 cm³/mol. The van der Waals surface area contributed by atoms with Gasteiger partial charge in [0.05, 0.1) is 0 Å². The van der Waals surface area contributed by atoms with Gasteiger partial charge in [-0.25, -0.2) is 0 Å². The molecule has 0 saturated heterocycles. The predicted octanol–water partition coefficient (Wildman–Crippen LogP) is 4.57. The number of nitrogens with one attached hydrogen (secondary N) is 2. The first-order valence-electron chi connectivity index (χ1n) is 11.3. The van der Waals surface area contributed by atoms with Gasteiger partial charge in [0.15, 0.2) is 0 Å². The standard InChI is InChI=1S/C26H30N2O2/c29-24(27-22-9-5-2-6-10-22)23(14-18-7-3-1-4-8-18)28-25(30)26-15-19-11-20(16-26)13-21(12-19)17-26/h1-10,19-21,23H,11-17H2,(H,27,29)(H,28,30)/t19?,20?,21?,23-,26?/m0/s1. The van der Waals surface area contributed by atoms with Crippen molar-refractivity contribution in [1.29, 1.82) is 0 Å². The summed E-state index contributed by atoms with van der Waals surface area (Å²) in [5.41, 5.74) is 1.55. The molecular weight excluding hydrogens is 372 g/mol. The van der Waals surface area contributed by atoms with Crippen LogP contribution in [0.3, 0.4) is 0 Å². The van der Waals surface area contributed by atoms with E-state index in [0.29, 0.717) is 24.2 Å². The number of hydrogen-bond acceptors (Lipinski definition) is 2. The van der Waals surface area contributed by atoms with E-state index in [1.54, 1.807) is 0 Å². The molecule has 4 aliphatic rings. The van der Waals surface area contributed by atoms with Crippen LogP contribution < -0.4 is 10.6 Å². The average Bonchev–Trinajstić information content (AvgIpc) is 2.74. The van der Waals surface area contributed by atoms with Crippen LogP contribution in [0.2, 0.25) is 0 Å². The Hall–Kier alpha value is -2.62. The summed E-state index contributed by atoms with van der Waals surface area (Å²) in [7, 11) is 0. The van der Waals surface area contributed by atoms with Crippen LogP contribution in [0.25, 0.3) is 0 Å². The van der Waals surface area contributed by atoms with Crippen LogP contribution in [0.1, 0.15) is 44.1 Å². The second kappa shape index (κ2) is 7.90.